The van der Waals surface area contributed by atoms with E-state index < -0.39 is 0 Å². The third-order valence-corrected chi connectivity index (χ3v) is 5.40. The molecular weight excluding hydrogens is 348 g/mol. The van der Waals surface area contributed by atoms with Crippen LogP contribution in [0.3, 0.4) is 0 Å². The first-order valence-corrected chi connectivity index (χ1v) is 10.3. The Morgan fingerprint density at radius 1 is 1.04 bits per heavy atom. The maximum Gasteiger partial charge on any atom is 0.243 e. The van der Waals surface area contributed by atoms with Crippen molar-refractivity contribution < 1.29 is 4.79 Å². The first-order valence-electron chi connectivity index (χ1n) is 10.3. The lowest BCUT2D eigenvalue weighted by Gasteiger charge is -2.22. The molecule has 1 aliphatic heterocycles. The van der Waals surface area contributed by atoms with Crippen molar-refractivity contribution in [1.82, 2.24) is 0 Å². The minimum Gasteiger partial charge on any atom is -0.376 e. The quantitative estimate of drug-likeness (QED) is 0.708. The Hall–Kier alpha value is -2.69. The lowest BCUT2D eigenvalue weighted by Crippen LogP contribution is -2.23. The summed E-state index contributed by atoms with van der Waals surface area (Å²) < 4.78 is 0. The highest BCUT2D eigenvalue weighted by Gasteiger charge is 2.12. The van der Waals surface area contributed by atoms with Gasteiger partial charge in [-0.3, -0.25) is 4.79 Å². The molecule has 1 heterocycles. The molecule has 0 aromatic heterocycles. The number of benzene rings is 2. The maximum absolute atomic E-state index is 12.3. The van der Waals surface area contributed by atoms with Gasteiger partial charge in [0.25, 0.3) is 0 Å². The molecule has 0 radical (unpaired) electrons. The standard InChI is InChI=1S/C23H32N4O/c1-4-26(5-2)21-12-13-22(18(3)16-21)24-17-23(28)25-19-8-10-20(11-9-19)27-14-6-7-15-27/h8-13,16,24H,4-7,14-15,17H2,1-3H3,(H,25,28). The van der Waals surface area contributed by atoms with Crippen molar-refractivity contribution in [2.24, 2.45) is 0 Å². The number of amides is 1. The molecule has 0 atom stereocenters. The summed E-state index contributed by atoms with van der Waals surface area (Å²) in [6.07, 6.45) is 2.53. The van der Waals surface area contributed by atoms with Gasteiger partial charge in [-0.25, -0.2) is 0 Å². The summed E-state index contributed by atoms with van der Waals surface area (Å²) in [4.78, 5) is 17.0. The molecular formula is C23H32N4O. The lowest BCUT2D eigenvalue weighted by molar-refractivity contribution is -0.114. The van der Waals surface area contributed by atoms with Gasteiger partial charge in [-0.1, -0.05) is 0 Å². The predicted molar refractivity (Wildman–Crippen MR) is 120 cm³/mol. The van der Waals surface area contributed by atoms with Crippen LogP contribution in [0.5, 0.6) is 0 Å². The van der Waals surface area contributed by atoms with Gasteiger partial charge in [0.05, 0.1) is 6.54 Å². The van der Waals surface area contributed by atoms with Gasteiger partial charge in [-0.2, -0.15) is 0 Å². The number of hydrogen-bond acceptors (Lipinski definition) is 4. The maximum atomic E-state index is 12.3. The van der Waals surface area contributed by atoms with E-state index in [0.29, 0.717) is 0 Å². The van der Waals surface area contributed by atoms with Gasteiger partial charge in [0, 0.05) is 48.9 Å². The van der Waals surface area contributed by atoms with Gasteiger partial charge in [0.1, 0.15) is 0 Å². The molecule has 0 aliphatic carbocycles. The predicted octanol–water partition coefficient (Wildman–Crippen LogP) is 4.49. The van der Waals surface area contributed by atoms with Crippen LogP contribution >= 0.6 is 0 Å². The lowest BCUT2D eigenvalue weighted by atomic mass is 10.1. The molecule has 5 heteroatoms. The smallest absolute Gasteiger partial charge is 0.243 e. The summed E-state index contributed by atoms with van der Waals surface area (Å²) in [7, 11) is 0. The molecule has 1 amide bonds. The zero-order valence-corrected chi connectivity index (χ0v) is 17.3. The molecule has 0 spiro atoms. The average molecular weight is 381 g/mol. The fraction of sp³-hybridized carbons (Fsp3) is 0.435. The van der Waals surface area contributed by atoms with Gasteiger partial charge >= 0.3 is 0 Å². The van der Waals surface area contributed by atoms with Crippen LogP contribution in [0.1, 0.15) is 32.3 Å². The van der Waals surface area contributed by atoms with Gasteiger partial charge < -0.3 is 20.4 Å². The van der Waals surface area contributed by atoms with Crippen LogP contribution in [0.15, 0.2) is 42.5 Å². The number of nitrogens with zero attached hydrogens (tertiary/aromatic N) is 2. The van der Waals surface area contributed by atoms with E-state index in [4.69, 9.17) is 0 Å². The van der Waals surface area contributed by atoms with Gasteiger partial charge in [0.15, 0.2) is 0 Å². The fourth-order valence-corrected chi connectivity index (χ4v) is 3.74. The number of nitrogens with one attached hydrogen (secondary N) is 2. The molecule has 5 nitrogen and oxygen atoms in total. The number of rotatable bonds is 8. The zero-order valence-electron chi connectivity index (χ0n) is 17.3. The molecule has 0 saturated carbocycles. The Morgan fingerprint density at radius 3 is 2.32 bits per heavy atom. The van der Waals surface area contributed by atoms with Crippen LogP contribution in [-0.2, 0) is 4.79 Å². The van der Waals surface area contributed by atoms with Crippen molar-refractivity contribution in [3.8, 4) is 0 Å². The van der Waals surface area contributed by atoms with Gasteiger partial charge in [-0.15, -0.1) is 0 Å². The van der Waals surface area contributed by atoms with E-state index in [2.05, 4.69) is 71.5 Å². The van der Waals surface area contributed by atoms with E-state index in [1.54, 1.807) is 0 Å². The SMILES string of the molecule is CCN(CC)c1ccc(NCC(=O)Nc2ccc(N3CCCC3)cc2)c(C)c1. The first-order chi connectivity index (χ1) is 13.6. The molecule has 1 aliphatic rings. The van der Waals surface area contributed by atoms with E-state index in [1.165, 1.54) is 24.2 Å². The van der Waals surface area contributed by atoms with E-state index in [0.717, 1.165) is 43.1 Å². The van der Waals surface area contributed by atoms with Crippen molar-refractivity contribution in [3.63, 3.8) is 0 Å². The van der Waals surface area contributed by atoms with Crippen molar-refractivity contribution in [3.05, 3.63) is 48.0 Å². The van der Waals surface area contributed by atoms with E-state index in [1.807, 2.05) is 12.1 Å². The Morgan fingerprint density at radius 2 is 1.71 bits per heavy atom. The van der Waals surface area contributed by atoms with Gasteiger partial charge in [-0.05, 0) is 81.6 Å². The topological polar surface area (TPSA) is 47.6 Å². The highest BCUT2D eigenvalue weighted by atomic mass is 16.1. The number of hydrogen-bond donors (Lipinski definition) is 2. The molecule has 2 aromatic carbocycles. The van der Waals surface area contributed by atoms with E-state index in [9.17, 15) is 4.79 Å². The Kier molecular flexibility index (Phi) is 6.80. The molecule has 0 unspecified atom stereocenters. The average Bonchev–Trinajstić information content (AvgIpc) is 3.24. The first kappa shape index (κ1) is 20.1. The van der Waals surface area contributed by atoms with E-state index in [-0.39, 0.29) is 12.5 Å². The number of anilines is 4. The molecule has 1 fully saturated rings. The summed E-state index contributed by atoms with van der Waals surface area (Å²) in [6.45, 7) is 10.9. The molecule has 28 heavy (non-hydrogen) atoms. The third-order valence-electron chi connectivity index (χ3n) is 5.40. The Balaban J connectivity index is 1.52. The summed E-state index contributed by atoms with van der Waals surface area (Å²) in [5.74, 6) is -0.0406. The molecule has 3 rings (SSSR count). The minimum atomic E-state index is -0.0406. The summed E-state index contributed by atoms with van der Waals surface area (Å²) in [6, 6.07) is 14.5. The second-order valence-corrected chi connectivity index (χ2v) is 7.31. The fourth-order valence-electron chi connectivity index (χ4n) is 3.74. The highest BCUT2D eigenvalue weighted by Crippen LogP contribution is 2.23. The van der Waals surface area contributed by atoms with Crippen LogP contribution in [0, 0.1) is 6.92 Å². The summed E-state index contributed by atoms with van der Waals surface area (Å²) in [5.41, 5.74) is 5.43. The highest BCUT2D eigenvalue weighted by molar-refractivity contribution is 5.94. The van der Waals surface area contributed by atoms with Crippen molar-refractivity contribution in [2.75, 3.05) is 53.2 Å². The number of carbonyl (C=O) groups excluding carboxylic acids is 1. The van der Waals surface area contributed by atoms with Crippen LogP contribution in [-0.4, -0.2) is 38.6 Å². The number of aryl methyl sites for hydroxylation is 1. The van der Waals surface area contributed by atoms with Crippen LogP contribution in [0.25, 0.3) is 0 Å². The zero-order chi connectivity index (χ0) is 19.9. The molecule has 0 bridgehead atoms. The monoisotopic (exact) mass is 380 g/mol. The van der Waals surface area contributed by atoms with Crippen molar-refractivity contribution >= 4 is 28.7 Å². The minimum absolute atomic E-state index is 0.0406. The van der Waals surface area contributed by atoms with Gasteiger partial charge in [0.2, 0.25) is 5.91 Å². The van der Waals surface area contributed by atoms with E-state index >= 15 is 0 Å². The summed E-state index contributed by atoms with van der Waals surface area (Å²) >= 11 is 0. The van der Waals surface area contributed by atoms with Crippen LogP contribution < -0.4 is 20.4 Å². The number of carbonyl (C=O) groups is 1. The second kappa shape index (κ2) is 9.49. The second-order valence-electron chi connectivity index (χ2n) is 7.31. The third kappa shape index (κ3) is 4.97. The van der Waals surface area contributed by atoms with Crippen molar-refractivity contribution in [1.29, 1.82) is 0 Å². The normalized spacial score (nSPS) is 13.5. The molecule has 150 valence electrons. The van der Waals surface area contributed by atoms with Crippen LogP contribution in [0.4, 0.5) is 22.7 Å². The molecule has 1 saturated heterocycles. The van der Waals surface area contributed by atoms with Crippen LogP contribution in [0.2, 0.25) is 0 Å². The largest absolute Gasteiger partial charge is 0.376 e. The van der Waals surface area contributed by atoms with Crippen molar-refractivity contribution in [2.45, 2.75) is 33.6 Å². The summed E-state index contributed by atoms with van der Waals surface area (Å²) in [5, 5.41) is 6.22. The Labute approximate surface area is 168 Å². The molecule has 2 aromatic rings. The Bertz CT molecular complexity index is 778. The molecule has 2 N–H and O–H groups in total.